The Morgan fingerprint density at radius 1 is 0.931 bits per heavy atom. The number of rotatable bonds is 3. The van der Waals surface area contributed by atoms with Gasteiger partial charge in [0.25, 0.3) is 10.0 Å². The third kappa shape index (κ3) is 3.54. The molecule has 0 spiro atoms. The van der Waals surface area contributed by atoms with E-state index in [2.05, 4.69) is 15.9 Å². The highest BCUT2D eigenvalue weighted by Gasteiger charge is 2.38. The smallest absolute Gasteiger partial charge is 0.371 e. The van der Waals surface area contributed by atoms with Crippen LogP contribution in [-0.4, -0.2) is 25.5 Å². The maximum Gasteiger partial charge on any atom is 0.418 e. The van der Waals surface area contributed by atoms with Gasteiger partial charge >= 0.3 is 6.18 Å². The topological polar surface area (TPSA) is 42.3 Å². The molecule has 0 bridgehead atoms. The van der Waals surface area contributed by atoms with Crippen LogP contribution in [0.2, 0.25) is 0 Å². The van der Waals surface area contributed by atoms with E-state index in [0.717, 1.165) is 23.2 Å². The van der Waals surface area contributed by atoms with E-state index in [0.29, 0.717) is 29.4 Å². The van der Waals surface area contributed by atoms with E-state index in [1.807, 2.05) is 4.90 Å². The minimum Gasteiger partial charge on any atom is -0.371 e. The number of nitrogens with zero attached hydrogens (tertiary/aromatic N) is 2. The molecule has 0 amide bonds. The van der Waals surface area contributed by atoms with Gasteiger partial charge in [0, 0.05) is 34.8 Å². The lowest BCUT2D eigenvalue weighted by molar-refractivity contribution is -0.136. The van der Waals surface area contributed by atoms with Gasteiger partial charge in [-0.1, -0.05) is 18.2 Å². The average molecular weight is 487 g/mol. The molecule has 0 aliphatic carbocycles. The predicted molar refractivity (Wildman–Crippen MR) is 110 cm³/mol. The van der Waals surface area contributed by atoms with Crippen molar-refractivity contribution in [3.05, 3.63) is 58.7 Å². The van der Waals surface area contributed by atoms with E-state index in [1.54, 1.807) is 24.3 Å². The van der Waals surface area contributed by atoms with Gasteiger partial charge in [0.2, 0.25) is 0 Å². The van der Waals surface area contributed by atoms with Crippen LogP contribution in [0.1, 0.15) is 24.8 Å². The van der Waals surface area contributed by atoms with Crippen molar-refractivity contribution < 1.29 is 21.6 Å². The Hall–Kier alpha value is -2.00. The molecule has 2 aromatic carbocycles. The number of piperidine rings is 1. The Balaban J connectivity index is 2.01. The van der Waals surface area contributed by atoms with E-state index < -0.39 is 21.8 Å². The van der Waals surface area contributed by atoms with Gasteiger partial charge in [0.1, 0.15) is 4.90 Å². The van der Waals surface area contributed by atoms with Gasteiger partial charge in [-0.2, -0.15) is 13.2 Å². The zero-order chi connectivity index (χ0) is 20.8. The van der Waals surface area contributed by atoms with Crippen molar-refractivity contribution in [2.75, 3.05) is 18.0 Å². The lowest BCUT2D eigenvalue weighted by atomic mass is 10.1. The number of alkyl halides is 3. The highest BCUT2D eigenvalue weighted by molar-refractivity contribution is 9.10. The predicted octanol–water partition coefficient (Wildman–Crippen LogP) is 5.65. The number of fused-ring (bicyclic) bond motifs is 1. The summed E-state index contributed by atoms with van der Waals surface area (Å²) in [5, 5.41) is -0.0717. The molecule has 0 N–H and O–H groups in total. The fourth-order valence-electron chi connectivity index (χ4n) is 3.81. The fraction of sp³-hybridized carbons (Fsp3) is 0.300. The second-order valence-corrected chi connectivity index (χ2v) is 9.63. The first-order valence-corrected chi connectivity index (χ1v) is 11.4. The van der Waals surface area contributed by atoms with E-state index in [4.69, 9.17) is 0 Å². The molecular weight excluding hydrogens is 469 g/mol. The molecule has 0 atom stereocenters. The van der Waals surface area contributed by atoms with Gasteiger partial charge in [0.05, 0.1) is 11.1 Å². The number of hydrogen-bond acceptors (Lipinski definition) is 3. The normalized spacial score (nSPS) is 15.8. The summed E-state index contributed by atoms with van der Waals surface area (Å²) in [6, 6.07) is 10.8. The quantitative estimate of drug-likeness (QED) is 0.480. The Morgan fingerprint density at radius 3 is 2.28 bits per heavy atom. The Bertz CT molecular complexity index is 1170. The van der Waals surface area contributed by atoms with Crippen molar-refractivity contribution in [1.82, 2.24) is 3.97 Å². The monoisotopic (exact) mass is 486 g/mol. The Kier molecular flexibility index (Phi) is 5.14. The molecule has 9 heteroatoms. The summed E-state index contributed by atoms with van der Waals surface area (Å²) < 4.78 is 69.3. The zero-order valence-corrected chi connectivity index (χ0v) is 17.7. The van der Waals surface area contributed by atoms with Crippen LogP contribution >= 0.6 is 15.9 Å². The molecule has 3 aromatic rings. The molecule has 29 heavy (non-hydrogen) atoms. The second kappa shape index (κ2) is 7.36. The molecule has 0 radical (unpaired) electrons. The van der Waals surface area contributed by atoms with E-state index in [9.17, 15) is 21.6 Å². The molecule has 4 nitrogen and oxygen atoms in total. The summed E-state index contributed by atoms with van der Waals surface area (Å²) in [6.45, 7) is 1.30. The maximum absolute atomic E-state index is 13.9. The molecule has 0 unspecified atom stereocenters. The van der Waals surface area contributed by atoms with Crippen LogP contribution < -0.4 is 4.90 Å². The minimum atomic E-state index is -4.68. The summed E-state index contributed by atoms with van der Waals surface area (Å²) >= 11 is 3.19. The van der Waals surface area contributed by atoms with Crippen LogP contribution in [0.15, 0.2) is 58.0 Å². The first-order chi connectivity index (χ1) is 13.7. The van der Waals surface area contributed by atoms with Crippen molar-refractivity contribution in [3.8, 4) is 0 Å². The van der Waals surface area contributed by atoms with Crippen LogP contribution in [0.5, 0.6) is 0 Å². The van der Waals surface area contributed by atoms with Gasteiger partial charge < -0.3 is 4.90 Å². The number of anilines is 1. The van der Waals surface area contributed by atoms with Crippen molar-refractivity contribution in [2.45, 2.75) is 30.3 Å². The third-order valence-corrected chi connectivity index (χ3v) is 7.84. The van der Waals surface area contributed by atoms with Gasteiger partial charge in [0.15, 0.2) is 0 Å². The molecule has 2 heterocycles. The summed E-state index contributed by atoms with van der Waals surface area (Å²) in [6.07, 6.45) is -1.15. The SMILES string of the molecule is O=S(=O)(c1ccccc1Br)n1cc(C(F)(F)F)c2c(N3CCCCC3)cccc21. The van der Waals surface area contributed by atoms with E-state index >= 15 is 0 Å². The average Bonchev–Trinajstić information content (AvgIpc) is 3.10. The van der Waals surface area contributed by atoms with Crippen molar-refractivity contribution in [2.24, 2.45) is 0 Å². The third-order valence-electron chi connectivity index (χ3n) is 5.15. The number of hydrogen-bond donors (Lipinski definition) is 0. The Labute approximate surface area is 175 Å². The molecule has 1 aromatic heterocycles. The summed E-state index contributed by atoms with van der Waals surface area (Å²) in [5.41, 5.74) is -0.490. The van der Waals surface area contributed by atoms with Gasteiger partial charge in [-0.15, -0.1) is 0 Å². The summed E-state index contributed by atoms with van der Waals surface area (Å²) in [4.78, 5) is 1.82. The maximum atomic E-state index is 13.9. The summed E-state index contributed by atoms with van der Waals surface area (Å²) in [5.74, 6) is 0. The van der Waals surface area contributed by atoms with Crippen molar-refractivity contribution in [3.63, 3.8) is 0 Å². The standard InChI is InChI=1S/C20H18BrF3N2O2S/c21-15-7-2-3-10-18(15)29(27,28)26-13-14(20(22,23)24)19-16(8-6-9-17(19)26)25-11-4-1-5-12-25/h2-3,6-10,13H,1,4-5,11-12H2. The largest absolute Gasteiger partial charge is 0.418 e. The molecule has 1 fully saturated rings. The van der Waals surface area contributed by atoms with Crippen molar-refractivity contribution >= 4 is 42.5 Å². The minimum absolute atomic E-state index is 0.0242. The first-order valence-electron chi connectivity index (χ1n) is 9.17. The highest BCUT2D eigenvalue weighted by atomic mass is 79.9. The first kappa shape index (κ1) is 20.3. The molecule has 0 saturated carbocycles. The fourth-order valence-corrected chi connectivity index (χ4v) is 6.14. The van der Waals surface area contributed by atoms with Crippen LogP contribution in [-0.2, 0) is 16.2 Å². The number of benzene rings is 2. The van der Waals surface area contributed by atoms with Crippen LogP contribution in [0.25, 0.3) is 10.9 Å². The molecule has 4 rings (SSSR count). The molecule has 154 valence electrons. The van der Waals surface area contributed by atoms with E-state index in [-0.39, 0.29) is 15.8 Å². The molecule has 1 saturated heterocycles. The van der Waals surface area contributed by atoms with Crippen LogP contribution in [0.3, 0.4) is 0 Å². The lowest BCUT2D eigenvalue weighted by Gasteiger charge is -2.30. The van der Waals surface area contributed by atoms with Gasteiger partial charge in [-0.05, 0) is 59.5 Å². The number of halogens is 4. The molecule has 1 aliphatic heterocycles. The Morgan fingerprint density at radius 2 is 1.62 bits per heavy atom. The van der Waals surface area contributed by atoms with Crippen LogP contribution in [0, 0.1) is 0 Å². The summed E-state index contributed by atoms with van der Waals surface area (Å²) in [7, 11) is -4.23. The molecule has 1 aliphatic rings. The van der Waals surface area contributed by atoms with Gasteiger partial charge in [-0.3, -0.25) is 0 Å². The second-order valence-electron chi connectivity index (χ2n) is 6.99. The lowest BCUT2D eigenvalue weighted by Crippen LogP contribution is -2.29. The van der Waals surface area contributed by atoms with Gasteiger partial charge in [-0.25, -0.2) is 12.4 Å². The van der Waals surface area contributed by atoms with Crippen molar-refractivity contribution in [1.29, 1.82) is 0 Å². The molecular formula is C20H18BrF3N2O2S. The van der Waals surface area contributed by atoms with E-state index in [1.165, 1.54) is 18.2 Å². The highest BCUT2D eigenvalue weighted by Crippen LogP contribution is 2.42. The van der Waals surface area contributed by atoms with Crippen LogP contribution in [0.4, 0.5) is 18.9 Å². The number of aromatic nitrogens is 1. The zero-order valence-electron chi connectivity index (χ0n) is 15.3.